The van der Waals surface area contributed by atoms with Gasteiger partial charge < -0.3 is 19.7 Å². The van der Waals surface area contributed by atoms with E-state index in [1.807, 2.05) is 19.9 Å². The third-order valence-electron chi connectivity index (χ3n) is 10.7. The van der Waals surface area contributed by atoms with Gasteiger partial charge in [0.25, 0.3) is 0 Å². The molecule has 7 unspecified atom stereocenters. The van der Waals surface area contributed by atoms with Crippen molar-refractivity contribution >= 4 is 5.91 Å². The average Bonchev–Trinajstić information content (AvgIpc) is 3.46. The van der Waals surface area contributed by atoms with Crippen molar-refractivity contribution in [1.82, 2.24) is 10.2 Å². The first-order valence-electron chi connectivity index (χ1n) is 15.7. The molecule has 2 saturated carbocycles. The number of benzene rings is 1. The van der Waals surface area contributed by atoms with Crippen molar-refractivity contribution in [3.8, 4) is 0 Å². The Bertz CT molecular complexity index is 999. The predicted molar refractivity (Wildman–Crippen MR) is 153 cm³/mol. The molecule has 2 heterocycles. The van der Waals surface area contributed by atoms with Gasteiger partial charge >= 0.3 is 0 Å². The fourth-order valence-electron chi connectivity index (χ4n) is 8.62. The number of amides is 1. The maximum Gasteiger partial charge on any atom is 0.229 e. The van der Waals surface area contributed by atoms with Crippen LogP contribution in [-0.4, -0.2) is 62.9 Å². The van der Waals surface area contributed by atoms with Crippen molar-refractivity contribution in [2.24, 2.45) is 23.2 Å². The summed E-state index contributed by atoms with van der Waals surface area (Å²) >= 11 is 0. The first-order valence-corrected chi connectivity index (χ1v) is 15.7. The zero-order chi connectivity index (χ0) is 27.6. The van der Waals surface area contributed by atoms with Gasteiger partial charge in [0, 0.05) is 43.7 Å². The molecule has 1 N–H and O–H groups in total. The van der Waals surface area contributed by atoms with Crippen molar-refractivity contribution in [2.45, 2.75) is 103 Å². The highest BCUT2D eigenvalue weighted by Gasteiger charge is 2.50. The Kier molecular flexibility index (Phi) is 9.35. The van der Waals surface area contributed by atoms with Crippen LogP contribution in [0, 0.1) is 42.8 Å². The summed E-state index contributed by atoms with van der Waals surface area (Å²) < 4.78 is 26.4. The quantitative estimate of drug-likeness (QED) is 0.406. The number of methoxy groups -OCH3 is 1. The molecule has 5 rings (SSSR count). The lowest BCUT2D eigenvalue weighted by Gasteiger charge is -2.38. The van der Waals surface area contributed by atoms with Crippen molar-refractivity contribution in [1.29, 1.82) is 0 Å². The molecular weight excluding hydrogens is 491 g/mol. The van der Waals surface area contributed by atoms with Crippen LogP contribution in [0.15, 0.2) is 12.1 Å². The first-order chi connectivity index (χ1) is 18.8. The minimum absolute atomic E-state index is 0.0264. The van der Waals surface area contributed by atoms with E-state index in [9.17, 15) is 4.79 Å². The Morgan fingerprint density at radius 1 is 1.18 bits per heavy atom. The number of halogens is 1. The fraction of sp³-hybridized carbons (Fsp3) is 0.788. The summed E-state index contributed by atoms with van der Waals surface area (Å²) in [6, 6.07) is 4.64. The minimum Gasteiger partial charge on any atom is -0.384 e. The van der Waals surface area contributed by atoms with Gasteiger partial charge in [-0.15, -0.1) is 0 Å². The molecule has 2 saturated heterocycles. The monoisotopic (exact) mass is 542 g/mol. The Morgan fingerprint density at radius 2 is 2.00 bits per heavy atom. The van der Waals surface area contributed by atoms with E-state index in [4.69, 9.17) is 9.47 Å². The Morgan fingerprint density at radius 3 is 2.79 bits per heavy atom. The van der Waals surface area contributed by atoms with E-state index < -0.39 is 0 Å². The summed E-state index contributed by atoms with van der Waals surface area (Å²) in [6.45, 7) is 10.3. The Hall–Kier alpha value is -1.50. The number of likely N-dealkylation sites (tertiary alicyclic amines) is 1. The molecule has 7 atom stereocenters. The second-order valence-electron chi connectivity index (χ2n) is 13.4. The van der Waals surface area contributed by atoms with E-state index in [-0.39, 0.29) is 23.2 Å². The molecule has 2 aliphatic heterocycles. The summed E-state index contributed by atoms with van der Waals surface area (Å²) in [7, 11) is 1.77. The molecule has 1 amide bonds. The molecule has 4 fully saturated rings. The summed E-state index contributed by atoms with van der Waals surface area (Å²) in [5.74, 6) is 2.08. The fourth-order valence-corrected chi connectivity index (χ4v) is 8.62. The van der Waals surface area contributed by atoms with Crippen LogP contribution in [0.2, 0.25) is 0 Å². The van der Waals surface area contributed by atoms with E-state index in [2.05, 4.69) is 23.2 Å². The number of nitrogens with one attached hydrogen (secondary N) is 1. The van der Waals surface area contributed by atoms with E-state index in [1.54, 1.807) is 7.11 Å². The molecule has 0 aromatic heterocycles. The predicted octanol–water partition coefficient (Wildman–Crippen LogP) is 6.15. The molecule has 218 valence electrons. The van der Waals surface area contributed by atoms with Gasteiger partial charge in [0.05, 0.1) is 13.2 Å². The molecule has 2 aliphatic carbocycles. The first kappa shape index (κ1) is 29.0. The molecule has 2 bridgehead atoms. The highest BCUT2D eigenvalue weighted by Crippen LogP contribution is 2.50. The zero-order valence-electron chi connectivity index (χ0n) is 24.8. The largest absolute Gasteiger partial charge is 0.384 e. The maximum atomic E-state index is 15.3. The molecule has 0 radical (unpaired) electrons. The average molecular weight is 543 g/mol. The molecule has 0 spiro atoms. The molecule has 1 aromatic carbocycles. The number of hydrogen-bond donors (Lipinski definition) is 1. The number of hydrogen-bond acceptors (Lipinski definition) is 4. The second-order valence-corrected chi connectivity index (χ2v) is 13.4. The van der Waals surface area contributed by atoms with Crippen molar-refractivity contribution in [3.05, 3.63) is 34.6 Å². The van der Waals surface area contributed by atoms with E-state index in [1.165, 1.54) is 0 Å². The van der Waals surface area contributed by atoms with Gasteiger partial charge in [0.1, 0.15) is 5.82 Å². The Labute approximate surface area is 235 Å². The molecular formula is C33H51FN2O3. The maximum absolute atomic E-state index is 15.3. The van der Waals surface area contributed by atoms with Gasteiger partial charge in [-0.1, -0.05) is 25.5 Å². The van der Waals surface area contributed by atoms with Crippen LogP contribution >= 0.6 is 0 Å². The van der Waals surface area contributed by atoms with Crippen molar-refractivity contribution in [2.75, 3.05) is 40.0 Å². The zero-order valence-corrected chi connectivity index (χ0v) is 24.8. The lowest BCUT2D eigenvalue weighted by atomic mass is 9.78. The summed E-state index contributed by atoms with van der Waals surface area (Å²) in [4.78, 5) is 16.7. The van der Waals surface area contributed by atoms with E-state index in [0.29, 0.717) is 29.7 Å². The van der Waals surface area contributed by atoms with Crippen LogP contribution in [0.5, 0.6) is 0 Å². The SMILES string of the molecule is CCCC1(C(=O)N2CC3CCC(c4c(C)ccc(C)c4F)CC2C3)CCC(CNC2CCOCC2COC)C1. The van der Waals surface area contributed by atoms with Gasteiger partial charge in [0.2, 0.25) is 5.91 Å². The summed E-state index contributed by atoms with van der Waals surface area (Å²) in [5, 5.41) is 3.85. The van der Waals surface area contributed by atoms with Crippen LogP contribution in [0.3, 0.4) is 0 Å². The van der Waals surface area contributed by atoms with Crippen molar-refractivity contribution in [3.63, 3.8) is 0 Å². The number of nitrogens with zero attached hydrogens (tertiary/aromatic N) is 1. The normalized spacial score (nSPS) is 34.8. The smallest absolute Gasteiger partial charge is 0.229 e. The third kappa shape index (κ3) is 6.08. The highest BCUT2D eigenvalue weighted by atomic mass is 19.1. The third-order valence-corrected chi connectivity index (χ3v) is 10.7. The van der Waals surface area contributed by atoms with Crippen LogP contribution in [0.25, 0.3) is 0 Å². The lowest BCUT2D eigenvalue weighted by Crippen LogP contribution is -2.47. The number of fused-ring (bicyclic) bond motifs is 2. The van der Waals surface area contributed by atoms with Gasteiger partial charge in [-0.25, -0.2) is 4.39 Å². The van der Waals surface area contributed by atoms with Crippen LogP contribution in [0.1, 0.15) is 93.7 Å². The van der Waals surface area contributed by atoms with Gasteiger partial charge in [-0.2, -0.15) is 0 Å². The number of carbonyl (C=O) groups is 1. The van der Waals surface area contributed by atoms with Crippen molar-refractivity contribution < 1.29 is 18.7 Å². The molecule has 6 heteroatoms. The van der Waals surface area contributed by atoms with Crippen LogP contribution in [-0.2, 0) is 14.3 Å². The topological polar surface area (TPSA) is 50.8 Å². The van der Waals surface area contributed by atoms with E-state index >= 15 is 4.39 Å². The van der Waals surface area contributed by atoms with Crippen LogP contribution in [0.4, 0.5) is 4.39 Å². The minimum atomic E-state index is -0.227. The number of carbonyl (C=O) groups excluding carboxylic acids is 1. The Balaban J connectivity index is 1.26. The van der Waals surface area contributed by atoms with E-state index in [0.717, 1.165) is 114 Å². The van der Waals surface area contributed by atoms with Gasteiger partial charge in [-0.3, -0.25) is 4.79 Å². The second kappa shape index (κ2) is 12.6. The summed E-state index contributed by atoms with van der Waals surface area (Å²) in [6.07, 6.45) is 10.3. The molecule has 39 heavy (non-hydrogen) atoms. The highest BCUT2D eigenvalue weighted by molar-refractivity contribution is 5.83. The van der Waals surface area contributed by atoms with Gasteiger partial charge in [-0.05, 0) is 113 Å². The molecule has 4 aliphatic rings. The molecule has 5 nitrogen and oxygen atoms in total. The van der Waals surface area contributed by atoms with Crippen LogP contribution < -0.4 is 5.32 Å². The molecule has 1 aromatic rings. The number of rotatable bonds is 9. The summed E-state index contributed by atoms with van der Waals surface area (Å²) in [5.41, 5.74) is 2.48. The lowest BCUT2D eigenvalue weighted by molar-refractivity contribution is -0.144. The number of aryl methyl sites for hydroxylation is 2. The standard InChI is InChI=1S/C33H51FN2O3/c1-5-12-33(13-10-25(17-33)18-35-29-11-14-39-21-27(29)20-38-4)32(37)36-19-24-8-9-26(16-28(36)15-24)30-22(2)6-7-23(3)31(30)34/h6-7,24-29,35H,5,8-21H2,1-4H3. The van der Waals surface area contributed by atoms with Gasteiger partial charge in [0.15, 0.2) is 0 Å². The number of ether oxygens (including phenoxy) is 2.